The molecular formula is C9H9BrN2O5. The number of rotatable bonds is 5. The van der Waals surface area contributed by atoms with E-state index in [0.717, 1.165) is 16.8 Å². The van der Waals surface area contributed by atoms with Crippen LogP contribution in [0.2, 0.25) is 0 Å². The summed E-state index contributed by atoms with van der Waals surface area (Å²) in [6, 6.07) is 1.10. The number of Topliss-reactive ketones (excluding diaryl/α,β-unsaturated/α-hetero) is 1. The predicted octanol–water partition coefficient (Wildman–Crippen LogP) is 0.735. The number of nitro groups is 1. The topological polar surface area (TPSA) is 91.4 Å². The lowest BCUT2D eigenvalue weighted by Gasteiger charge is -2.05. The van der Waals surface area contributed by atoms with E-state index in [0.29, 0.717) is 0 Å². The molecule has 0 aliphatic rings. The number of hydrogen-bond donors (Lipinski definition) is 0. The Morgan fingerprint density at radius 1 is 1.65 bits per heavy atom. The van der Waals surface area contributed by atoms with Crippen molar-refractivity contribution in [2.75, 3.05) is 13.7 Å². The van der Waals surface area contributed by atoms with E-state index in [1.165, 1.54) is 7.11 Å². The third kappa shape index (κ3) is 3.46. The summed E-state index contributed by atoms with van der Waals surface area (Å²) in [6.07, 6.45) is 1.03. The Morgan fingerprint density at radius 3 is 2.82 bits per heavy atom. The first-order valence-corrected chi connectivity index (χ1v) is 5.30. The van der Waals surface area contributed by atoms with Gasteiger partial charge in [-0.25, -0.2) is 0 Å². The first kappa shape index (κ1) is 13.5. The van der Waals surface area contributed by atoms with Gasteiger partial charge in [0, 0.05) is 13.2 Å². The molecule has 0 unspecified atom stereocenters. The maximum absolute atomic E-state index is 11.6. The number of halogens is 1. The van der Waals surface area contributed by atoms with Crippen LogP contribution in [0.4, 0.5) is 5.69 Å². The molecule has 92 valence electrons. The molecule has 0 radical (unpaired) electrons. The van der Waals surface area contributed by atoms with E-state index in [9.17, 15) is 19.7 Å². The minimum Gasteiger partial charge on any atom is -0.377 e. The molecule has 0 aliphatic heterocycles. The van der Waals surface area contributed by atoms with Crippen LogP contribution in [0.3, 0.4) is 0 Å². The summed E-state index contributed by atoms with van der Waals surface area (Å²) in [5, 5.41) is 10.6. The van der Waals surface area contributed by atoms with E-state index in [-0.39, 0.29) is 29.1 Å². The summed E-state index contributed by atoms with van der Waals surface area (Å²) in [5.41, 5.74) is -0.762. The highest BCUT2D eigenvalue weighted by atomic mass is 79.9. The molecule has 0 amide bonds. The molecule has 8 heteroatoms. The monoisotopic (exact) mass is 304 g/mol. The molecule has 0 atom stereocenters. The van der Waals surface area contributed by atoms with Gasteiger partial charge in [0.25, 0.3) is 11.2 Å². The Labute approximate surface area is 104 Å². The first-order chi connectivity index (χ1) is 7.95. The molecule has 7 nitrogen and oxygen atoms in total. The van der Waals surface area contributed by atoms with Gasteiger partial charge in [-0.2, -0.15) is 0 Å². The second kappa shape index (κ2) is 5.69. The number of aromatic nitrogens is 1. The molecule has 1 heterocycles. The van der Waals surface area contributed by atoms with Gasteiger partial charge in [0.15, 0.2) is 5.78 Å². The van der Waals surface area contributed by atoms with Crippen molar-refractivity contribution in [1.29, 1.82) is 0 Å². The number of methoxy groups -OCH3 is 1. The van der Waals surface area contributed by atoms with Crippen LogP contribution in [0.15, 0.2) is 21.5 Å². The van der Waals surface area contributed by atoms with Gasteiger partial charge in [-0.15, -0.1) is 0 Å². The van der Waals surface area contributed by atoms with Gasteiger partial charge in [0.1, 0.15) is 6.61 Å². The fourth-order valence-electron chi connectivity index (χ4n) is 1.20. The molecule has 1 rings (SSSR count). The Kier molecular flexibility index (Phi) is 4.53. The average Bonchev–Trinajstić information content (AvgIpc) is 2.24. The van der Waals surface area contributed by atoms with Gasteiger partial charge >= 0.3 is 0 Å². The minimum absolute atomic E-state index is 0.0388. The number of hydrogen-bond acceptors (Lipinski definition) is 5. The van der Waals surface area contributed by atoms with Crippen molar-refractivity contribution >= 4 is 27.4 Å². The number of pyridine rings is 1. The number of nitrogens with zero attached hydrogens (tertiary/aromatic N) is 2. The molecule has 0 aromatic carbocycles. The summed E-state index contributed by atoms with van der Waals surface area (Å²) in [5.74, 6) is -0.345. The summed E-state index contributed by atoms with van der Waals surface area (Å²) >= 11 is 2.91. The minimum atomic E-state index is -0.637. The number of carbonyl (C=O) groups is 1. The van der Waals surface area contributed by atoms with Gasteiger partial charge in [0.05, 0.1) is 22.1 Å². The molecule has 0 N–H and O–H groups in total. The molecule has 0 spiro atoms. The maximum atomic E-state index is 11.6. The zero-order valence-corrected chi connectivity index (χ0v) is 10.5. The quantitative estimate of drug-likeness (QED) is 0.591. The Hall–Kier alpha value is -1.54. The molecule has 0 fully saturated rings. The highest BCUT2D eigenvalue weighted by molar-refractivity contribution is 9.10. The Balaban J connectivity index is 3.10. The summed E-state index contributed by atoms with van der Waals surface area (Å²) in [7, 11) is 1.35. The van der Waals surface area contributed by atoms with Crippen molar-refractivity contribution < 1.29 is 14.5 Å². The lowest BCUT2D eigenvalue weighted by molar-refractivity contribution is -0.385. The third-order valence-electron chi connectivity index (χ3n) is 1.89. The van der Waals surface area contributed by atoms with Crippen LogP contribution in [0.25, 0.3) is 0 Å². The third-order valence-corrected chi connectivity index (χ3v) is 2.46. The normalized spacial score (nSPS) is 10.2. The second-order valence-electron chi connectivity index (χ2n) is 3.21. The van der Waals surface area contributed by atoms with Crippen LogP contribution in [0.5, 0.6) is 0 Å². The SMILES string of the molecule is COCC(=O)Cn1cc([N+](=O)[O-])cc(Br)c1=O. The van der Waals surface area contributed by atoms with E-state index in [1.54, 1.807) is 0 Å². The van der Waals surface area contributed by atoms with Crippen molar-refractivity contribution in [2.45, 2.75) is 6.54 Å². The molecular weight excluding hydrogens is 296 g/mol. The van der Waals surface area contributed by atoms with E-state index in [1.807, 2.05) is 0 Å². The van der Waals surface area contributed by atoms with Crippen molar-refractivity contribution in [2.24, 2.45) is 0 Å². The molecule has 1 aromatic rings. The van der Waals surface area contributed by atoms with E-state index in [4.69, 9.17) is 0 Å². The molecule has 0 aliphatic carbocycles. The smallest absolute Gasteiger partial charge is 0.286 e. The molecule has 1 aromatic heterocycles. The van der Waals surface area contributed by atoms with Crippen molar-refractivity contribution in [1.82, 2.24) is 4.57 Å². The average molecular weight is 305 g/mol. The van der Waals surface area contributed by atoms with Gasteiger partial charge in [-0.05, 0) is 15.9 Å². The van der Waals surface area contributed by atoms with Crippen molar-refractivity contribution in [3.8, 4) is 0 Å². The van der Waals surface area contributed by atoms with Crippen molar-refractivity contribution in [3.63, 3.8) is 0 Å². The Bertz CT molecular complexity index is 511. The highest BCUT2D eigenvalue weighted by Crippen LogP contribution is 2.13. The second-order valence-corrected chi connectivity index (χ2v) is 4.06. The lowest BCUT2D eigenvalue weighted by atomic mass is 10.3. The fourth-order valence-corrected chi connectivity index (χ4v) is 1.66. The standard InChI is InChI=1S/C9H9BrN2O5/c1-17-5-7(13)4-11-3-6(12(15)16)2-8(10)9(11)14/h2-3H,4-5H2,1H3. The largest absolute Gasteiger partial charge is 0.377 e. The summed E-state index contributed by atoms with van der Waals surface area (Å²) < 4.78 is 5.63. The Morgan fingerprint density at radius 2 is 2.29 bits per heavy atom. The molecule has 0 saturated carbocycles. The number of carbonyl (C=O) groups excluding carboxylic acids is 1. The van der Waals surface area contributed by atoms with E-state index < -0.39 is 10.5 Å². The molecule has 17 heavy (non-hydrogen) atoms. The zero-order valence-electron chi connectivity index (χ0n) is 8.88. The van der Waals surface area contributed by atoms with Crippen LogP contribution in [0.1, 0.15) is 0 Å². The predicted molar refractivity (Wildman–Crippen MR) is 61.9 cm³/mol. The van der Waals surface area contributed by atoms with E-state index >= 15 is 0 Å². The number of ether oxygens (including phenoxy) is 1. The van der Waals surface area contributed by atoms with Crippen molar-refractivity contribution in [3.05, 3.63) is 37.2 Å². The maximum Gasteiger partial charge on any atom is 0.286 e. The highest BCUT2D eigenvalue weighted by Gasteiger charge is 2.14. The fraction of sp³-hybridized carbons (Fsp3) is 0.333. The van der Waals surface area contributed by atoms with Crippen LogP contribution in [-0.2, 0) is 16.1 Å². The first-order valence-electron chi connectivity index (χ1n) is 4.50. The van der Waals surface area contributed by atoms with E-state index in [2.05, 4.69) is 20.7 Å². The number of ketones is 1. The summed E-state index contributed by atoms with van der Waals surface area (Å²) in [6.45, 7) is -0.403. The van der Waals surface area contributed by atoms with Gasteiger partial charge in [0.2, 0.25) is 0 Å². The van der Waals surface area contributed by atoms with Gasteiger partial charge in [-0.3, -0.25) is 19.7 Å². The lowest BCUT2D eigenvalue weighted by Crippen LogP contribution is -2.26. The zero-order chi connectivity index (χ0) is 13.0. The van der Waals surface area contributed by atoms with Crippen LogP contribution < -0.4 is 5.56 Å². The summed E-state index contributed by atoms with van der Waals surface area (Å²) in [4.78, 5) is 32.8. The van der Waals surface area contributed by atoms with Gasteiger partial charge < -0.3 is 9.30 Å². The van der Waals surface area contributed by atoms with Crippen LogP contribution in [-0.4, -0.2) is 29.0 Å². The van der Waals surface area contributed by atoms with Crippen LogP contribution in [0, 0.1) is 10.1 Å². The molecule has 0 saturated heterocycles. The molecule has 0 bridgehead atoms. The van der Waals surface area contributed by atoms with Gasteiger partial charge in [-0.1, -0.05) is 0 Å². The van der Waals surface area contributed by atoms with Crippen LogP contribution >= 0.6 is 15.9 Å².